The molecule has 0 bridgehead atoms. The van der Waals surface area contributed by atoms with Gasteiger partial charge in [0.25, 0.3) is 5.91 Å². The molecule has 1 amide bonds. The van der Waals surface area contributed by atoms with Crippen molar-refractivity contribution in [3.63, 3.8) is 0 Å². The molecule has 0 saturated heterocycles. The predicted molar refractivity (Wildman–Crippen MR) is 145 cm³/mol. The van der Waals surface area contributed by atoms with Crippen LogP contribution >= 0.6 is 11.3 Å². The molecule has 1 aliphatic rings. The second-order valence-corrected chi connectivity index (χ2v) is 10.8. The average Bonchev–Trinajstić information content (AvgIpc) is 3.25. The molecule has 36 heavy (non-hydrogen) atoms. The van der Waals surface area contributed by atoms with Crippen molar-refractivity contribution < 1.29 is 14.0 Å². The molecule has 1 aliphatic carbocycles. The van der Waals surface area contributed by atoms with E-state index in [4.69, 9.17) is 0 Å². The smallest absolute Gasteiger partial charge is 0.264 e. The van der Waals surface area contributed by atoms with Gasteiger partial charge in [-0.05, 0) is 67.0 Å². The second kappa shape index (κ2) is 10.4. The first-order chi connectivity index (χ1) is 17.4. The van der Waals surface area contributed by atoms with Gasteiger partial charge in [-0.2, -0.15) is 0 Å². The number of fused-ring (bicyclic) bond motifs is 1. The highest BCUT2D eigenvalue weighted by Crippen LogP contribution is 2.34. The second-order valence-electron chi connectivity index (χ2n) is 9.72. The Hall–Kier alpha value is -3.31. The number of amides is 1. The maximum Gasteiger partial charge on any atom is 0.264 e. The summed E-state index contributed by atoms with van der Waals surface area (Å²) in [6.45, 7) is 3.79. The summed E-state index contributed by atoms with van der Waals surface area (Å²) in [4.78, 5) is 28.3. The normalized spacial score (nSPS) is 14.2. The summed E-state index contributed by atoms with van der Waals surface area (Å²) in [6.07, 6.45) is 5.25. The van der Waals surface area contributed by atoms with E-state index in [1.807, 2.05) is 42.2 Å². The summed E-state index contributed by atoms with van der Waals surface area (Å²) in [5, 5.41) is 1.11. The van der Waals surface area contributed by atoms with Gasteiger partial charge < -0.3 is 4.90 Å². The SMILES string of the molecule is CC(=O)c1ccc(-c2ccc(F)c(CN(C(=O)c3sc4ccccc4c3C)C3CCCCC3)c2)cc1. The number of aryl methyl sites for hydroxylation is 1. The minimum absolute atomic E-state index is 0.00351. The van der Waals surface area contributed by atoms with Crippen LogP contribution in [0.25, 0.3) is 21.2 Å². The highest BCUT2D eigenvalue weighted by Gasteiger charge is 2.29. The number of thiophene rings is 1. The molecule has 4 aromatic rings. The minimum atomic E-state index is -0.305. The lowest BCUT2D eigenvalue weighted by Gasteiger charge is -2.34. The van der Waals surface area contributed by atoms with E-state index < -0.39 is 0 Å². The number of halogens is 1. The fraction of sp³-hybridized carbons (Fsp3) is 0.290. The molecule has 0 spiro atoms. The first-order valence-electron chi connectivity index (χ1n) is 12.6. The van der Waals surface area contributed by atoms with Gasteiger partial charge in [-0.25, -0.2) is 4.39 Å². The zero-order chi connectivity index (χ0) is 25.2. The number of carbonyl (C=O) groups is 2. The highest BCUT2D eigenvalue weighted by atomic mass is 32.1. The first-order valence-corrected chi connectivity index (χ1v) is 13.4. The third kappa shape index (κ3) is 4.85. The van der Waals surface area contributed by atoms with Crippen LogP contribution in [0.3, 0.4) is 0 Å². The molecule has 0 radical (unpaired) electrons. The fourth-order valence-corrected chi connectivity index (χ4v) is 6.39. The van der Waals surface area contributed by atoms with Crippen molar-refractivity contribution in [3.05, 3.63) is 94.1 Å². The Morgan fingerprint density at radius 3 is 2.33 bits per heavy atom. The van der Waals surface area contributed by atoms with Crippen molar-refractivity contribution >= 4 is 33.1 Å². The van der Waals surface area contributed by atoms with Gasteiger partial charge in [0.2, 0.25) is 0 Å². The van der Waals surface area contributed by atoms with Crippen molar-refractivity contribution in [2.24, 2.45) is 0 Å². The van der Waals surface area contributed by atoms with Gasteiger partial charge in [-0.3, -0.25) is 9.59 Å². The topological polar surface area (TPSA) is 37.4 Å². The van der Waals surface area contributed by atoms with Gasteiger partial charge in [-0.1, -0.05) is 67.8 Å². The minimum Gasteiger partial charge on any atom is -0.331 e. The molecule has 0 N–H and O–H groups in total. The standard InChI is InChI=1S/C31H30FNO2S/c1-20-27-10-6-7-11-29(27)36-30(20)31(35)33(26-8-4-3-5-9-26)19-25-18-24(16-17-28(25)32)23-14-12-22(13-15-23)21(2)34/h6-7,10-18,26H,3-5,8-9,19H2,1-2H3. The number of carbonyl (C=O) groups excluding carboxylic acids is 2. The van der Waals surface area contributed by atoms with E-state index in [2.05, 4.69) is 12.1 Å². The molecule has 1 heterocycles. The van der Waals surface area contributed by atoms with E-state index in [1.54, 1.807) is 25.1 Å². The van der Waals surface area contributed by atoms with Gasteiger partial charge >= 0.3 is 0 Å². The largest absolute Gasteiger partial charge is 0.331 e. The Morgan fingerprint density at radius 1 is 0.944 bits per heavy atom. The van der Waals surface area contributed by atoms with Gasteiger partial charge in [-0.15, -0.1) is 11.3 Å². The Labute approximate surface area is 215 Å². The number of Topliss-reactive ketones (excluding diaryl/α,β-unsaturated/α-hetero) is 1. The summed E-state index contributed by atoms with van der Waals surface area (Å²) in [5.74, 6) is -0.295. The summed E-state index contributed by atoms with van der Waals surface area (Å²) >= 11 is 1.53. The van der Waals surface area contributed by atoms with Crippen LogP contribution in [0.15, 0.2) is 66.7 Å². The van der Waals surface area contributed by atoms with E-state index in [0.717, 1.165) is 57.3 Å². The molecule has 5 heteroatoms. The Balaban J connectivity index is 1.50. The monoisotopic (exact) mass is 499 g/mol. The molecule has 1 saturated carbocycles. The molecular weight excluding hydrogens is 469 g/mol. The van der Waals surface area contributed by atoms with E-state index in [0.29, 0.717) is 11.1 Å². The summed E-state index contributed by atoms with van der Waals surface area (Å²) in [6, 6.07) is 20.7. The van der Waals surface area contributed by atoms with E-state index in [-0.39, 0.29) is 30.1 Å². The van der Waals surface area contributed by atoms with Gasteiger partial charge in [0.05, 0.1) is 4.88 Å². The van der Waals surface area contributed by atoms with Crippen LogP contribution in [-0.4, -0.2) is 22.6 Å². The lowest BCUT2D eigenvalue weighted by atomic mass is 9.93. The first kappa shape index (κ1) is 24.4. The summed E-state index contributed by atoms with van der Waals surface area (Å²) in [7, 11) is 0. The van der Waals surface area contributed by atoms with Crippen molar-refractivity contribution in [1.29, 1.82) is 0 Å². The molecule has 5 rings (SSSR count). The third-order valence-electron chi connectivity index (χ3n) is 7.33. The van der Waals surface area contributed by atoms with Gasteiger partial charge in [0.1, 0.15) is 5.82 Å². The van der Waals surface area contributed by atoms with Crippen LogP contribution in [0.5, 0.6) is 0 Å². The zero-order valence-corrected chi connectivity index (χ0v) is 21.5. The average molecular weight is 500 g/mol. The lowest BCUT2D eigenvalue weighted by molar-refractivity contribution is 0.0616. The molecule has 1 aromatic heterocycles. The third-order valence-corrected chi connectivity index (χ3v) is 8.59. The van der Waals surface area contributed by atoms with Crippen molar-refractivity contribution in [3.8, 4) is 11.1 Å². The van der Waals surface area contributed by atoms with Gasteiger partial charge in [0.15, 0.2) is 5.78 Å². The molecule has 184 valence electrons. The van der Waals surface area contributed by atoms with Crippen LogP contribution in [0.2, 0.25) is 0 Å². The maximum atomic E-state index is 15.1. The number of nitrogens with zero attached hydrogens (tertiary/aromatic N) is 1. The fourth-order valence-electron chi connectivity index (χ4n) is 5.22. The molecule has 0 aliphatic heterocycles. The van der Waals surface area contributed by atoms with Crippen LogP contribution in [0.1, 0.15) is 70.2 Å². The maximum absolute atomic E-state index is 15.1. The summed E-state index contributed by atoms with van der Waals surface area (Å²) < 4.78 is 16.2. The number of benzene rings is 3. The Bertz CT molecular complexity index is 1420. The van der Waals surface area contributed by atoms with Crippen molar-refractivity contribution in [2.45, 2.75) is 58.5 Å². The highest BCUT2D eigenvalue weighted by molar-refractivity contribution is 7.21. The summed E-state index contributed by atoms with van der Waals surface area (Å²) in [5.41, 5.74) is 3.95. The van der Waals surface area contributed by atoms with Crippen LogP contribution in [-0.2, 0) is 6.54 Å². The quantitative estimate of drug-likeness (QED) is 0.251. The molecule has 3 aromatic carbocycles. The molecule has 3 nitrogen and oxygen atoms in total. The van der Waals surface area contributed by atoms with Crippen molar-refractivity contribution in [1.82, 2.24) is 4.90 Å². The van der Waals surface area contributed by atoms with Crippen LogP contribution in [0, 0.1) is 12.7 Å². The van der Waals surface area contributed by atoms with Crippen LogP contribution in [0.4, 0.5) is 4.39 Å². The molecule has 1 fully saturated rings. The lowest BCUT2D eigenvalue weighted by Crippen LogP contribution is -2.41. The van der Waals surface area contributed by atoms with E-state index in [9.17, 15) is 9.59 Å². The molecule has 0 unspecified atom stereocenters. The van der Waals surface area contributed by atoms with E-state index >= 15 is 4.39 Å². The van der Waals surface area contributed by atoms with E-state index in [1.165, 1.54) is 23.8 Å². The predicted octanol–water partition coefficient (Wildman–Crippen LogP) is 8.19. The number of hydrogen-bond donors (Lipinski definition) is 0. The molecular formula is C31H30FNO2S. The molecule has 0 atom stereocenters. The van der Waals surface area contributed by atoms with Crippen LogP contribution < -0.4 is 0 Å². The number of ketones is 1. The van der Waals surface area contributed by atoms with Gasteiger partial charge in [0, 0.05) is 28.4 Å². The number of rotatable bonds is 6. The number of hydrogen-bond acceptors (Lipinski definition) is 3. The zero-order valence-electron chi connectivity index (χ0n) is 20.7. The Morgan fingerprint density at radius 2 is 1.64 bits per heavy atom. The van der Waals surface area contributed by atoms with Crippen molar-refractivity contribution in [2.75, 3.05) is 0 Å². The Kier molecular flexibility index (Phi) is 7.01.